The van der Waals surface area contributed by atoms with Gasteiger partial charge in [-0.15, -0.1) is 5.23 Å². The Labute approximate surface area is 207 Å². The van der Waals surface area contributed by atoms with E-state index in [1.165, 1.54) is 12.1 Å². The highest BCUT2D eigenvalue weighted by Crippen LogP contribution is 2.32. The lowest BCUT2D eigenvalue weighted by Crippen LogP contribution is -2.41. The fourth-order valence-electron chi connectivity index (χ4n) is 3.47. The van der Waals surface area contributed by atoms with Crippen LogP contribution in [0.4, 0.5) is 11.4 Å². The molecule has 9 nitrogen and oxygen atoms in total. The number of anilines is 2. The molecule has 0 unspecified atom stereocenters. The summed E-state index contributed by atoms with van der Waals surface area (Å²) in [7, 11) is -4.19. The smallest absolute Gasteiger partial charge is 0.264 e. The molecule has 3 aromatic carbocycles. The van der Waals surface area contributed by atoms with Gasteiger partial charge in [-0.25, -0.2) is 18.1 Å². The number of benzene rings is 3. The molecule has 0 saturated carbocycles. The van der Waals surface area contributed by atoms with Gasteiger partial charge >= 0.3 is 0 Å². The third kappa shape index (κ3) is 5.46. The predicted octanol–water partition coefficient (Wildman–Crippen LogP) is 3.61. The zero-order valence-electron chi connectivity index (χ0n) is 18.7. The first kappa shape index (κ1) is 24.7. The maximum absolute atomic E-state index is 13.7. The maximum atomic E-state index is 13.7. The highest BCUT2D eigenvalue weighted by molar-refractivity contribution is 7.92. The van der Waals surface area contributed by atoms with E-state index in [0.717, 1.165) is 9.53 Å². The first-order valence-corrected chi connectivity index (χ1v) is 12.4. The third-order valence-electron chi connectivity index (χ3n) is 5.33. The molecule has 1 aliphatic heterocycles. The van der Waals surface area contributed by atoms with Crippen molar-refractivity contribution in [2.45, 2.75) is 18.4 Å². The number of nitrogens with one attached hydrogen (secondary N) is 1. The van der Waals surface area contributed by atoms with Crippen LogP contribution in [0.2, 0.25) is 5.02 Å². The number of carbonyl (C=O) groups excluding carboxylic acids is 2. The van der Waals surface area contributed by atoms with Crippen molar-refractivity contribution < 1.29 is 27.7 Å². The first-order chi connectivity index (χ1) is 16.8. The number of rotatable bonds is 9. The number of halogens is 1. The van der Waals surface area contributed by atoms with Crippen molar-refractivity contribution in [2.75, 3.05) is 22.9 Å². The number of carbonyl (C=O) groups is 2. The topological polar surface area (TPSA) is 105 Å². The second-order valence-corrected chi connectivity index (χ2v) is 9.94. The van der Waals surface area contributed by atoms with Gasteiger partial charge in [0.25, 0.3) is 10.0 Å². The van der Waals surface area contributed by atoms with Crippen LogP contribution >= 0.6 is 11.6 Å². The van der Waals surface area contributed by atoms with Crippen LogP contribution in [0.15, 0.2) is 71.6 Å². The normalized spacial score (nSPS) is 13.1. The maximum Gasteiger partial charge on any atom is 0.264 e. The zero-order chi connectivity index (χ0) is 25.0. The molecular formula is C24H22ClN3O6S. The molecule has 3 aromatic rings. The molecule has 1 heterocycles. The van der Waals surface area contributed by atoms with Gasteiger partial charge in [0.15, 0.2) is 0 Å². The summed E-state index contributed by atoms with van der Waals surface area (Å²) >= 11 is 6.26. The monoisotopic (exact) mass is 515 g/mol. The molecule has 0 spiro atoms. The van der Waals surface area contributed by atoms with Crippen molar-refractivity contribution >= 4 is 45.2 Å². The van der Waals surface area contributed by atoms with Crippen LogP contribution in [0.5, 0.6) is 0 Å². The van der Waals surface area contributed by atoms with Crippen LogP contribution in [0.3, 0.4) is 0 Å². The minimum Gasteiger partial charge on any atom is -0.350 e. The second-order valence-electron chi connectivity index (χ2n) is 7.67. The van der Waals surface area contributed by atoms with Crippen LogP contribution in [0, 0.1) is 6.92 Å². The second kappa shape index (κ2) is 10.4. The number of nitrogens with zero attached hydrogens (tertiary/aromatic N) is 2. The first-order valence-electron chi connectivity index (χ1n) is 10.5. The number of hydrogen-bond acceptors (Lipinski definition) is 7. The average molecular weight is 516 g/mol. The van der Waals surface area contributed by atoms with E-state index in [1.54, 1.807) is 61.5 Å². The third-order valence-corrected chi connectivity index (χ3v) is 7.49. The van der Waals surface area contributed by atoms with Gasteiger partial charge < -0.3 is 5.32 Å². The SMILES string of the molecule is Cc1c(Cl)cccc1N(CC(=O)NCc1cccc(C=O)c1)S(=O)(=O)c1cccc(N2OCO2)c1. The molecular weight excluding hydrogens is 494 g/mol. The fourth-order valence-corrected chi connectivity index (χ4v) is 5.16. The van der Waals surface area contributed by atoms with Crippen LogP contribution in [-0.4, -0.2) is 33.9 Å². The highest BCUT2D eigenvalue weighted by atomic mass is 35.5. The molecule has 0 bridgehead atoms. The largest absolute Gasteiger partial charge is 0.350 e. The van der Waals surface area contributed by atoms with E-state index < -0.39 is 22.5 Å². The summed E-state index contributed by atoms with van der Waals surface area (Å²) in [6, 6.07) is 17.6. The van der Waals surface area contributed by atoms with Gasteiger partial charge in [0.05, 0.1) is 16.3 Å². The molecule has 35 heavy (non-hydrogen) atoms. The Hall–Kier alpha value is -3.44. The molecule has 1 N–H and O–H groups in total. The van der Waals surface area contributed by atoms with Crippen LogP contribution in [0.1, 0.15) is 21.5 Å². The molecule has 0 aromatic heterocycles. The van der Waals surface area contributed by atoms with Crippen molar-refractivity contribution in [3.8, 4) is 0 Å². The zero-order valence-corrected chi connectivity index (χ0v) is 20.3. The van der Waals surface area contributed by atoms with E-state index in [-0.39, 0.29) is 23.9 Å². The van der Waals surface area contributed by atoms with Gasteiger partial charge in [0, 0.05) is 17.1 Å². The molecule has 0 atom stereocenters. The predicted molar refractivity (Wildman–Crippen MR) is 130 cm³/mol. The summed E-state index contributed by atoms with van der Waals surface area (Å²) in [6.45, 7) is 1.39. The minimum absolute atomic E-state index is 0.0556. The standard InChI is InChI=1S/C24H22ClN3O6S/c1-17-22(25)9-4-10-23(17)27(14-24(30)26-13-18-5-2-6-19(11-18)15-29)35(31,32)21-8-3-7-20(12-21)28-33-16-34-28/h2-12,15H,13-14,16H2,1H3,(H,26,30). The number of aldehydes is 1. The number of amides is 1. The Morgan fingerprint density at radius 3 is 2.57 bits per heavy atom. The van der Waals surface area contributed by atoms with Gasteiger partial charge in [-0.05, 0) is 54.4 Å². The van der Waals surface area contributed by atoms with E-state index in [1.807, 2.05) is 0 Å². The summed E-state index contributed by atoms with van der Waals surface area (Å²) in [5.74, 6) is -0.532. The molecule has 0 aliphatic carbocycles. The molecule has 1 aliphatic rings. The van der Waals surface area contributed by atoms with E-state index >= 15 is 0 Å². The van der Waals surface area contributed by atoms with E-state index in [4.69, 9.17) is 21.3 Å². The lowest BCUT2D eigenvalue weighted by atomic mass is 10.1. The van der Waals surface area contributed by atoms with Crippen LogP contribution < -0.4 is 14.8 Å². The fraction of sp³-hybridized carbons (Fsp3) is 0.167. The van der Waals surface area contributed by atoms with E-state index in [9.17, 15) is 18.0 Å². The van der Waals surface area contributed by atoms with Gasteiger partial charge in [0.1, 0.15) is 12.8 Å². The van der Waals surface area contributed by atoms with Gasteiger partial charge in [-0.3, -0.25) is 13.9 Å². The summed E-state index contributed by atoms with van der Waals surface area (Å²) in [6.07, 6.45) is 0.714. The Morgan fingerprint density at radius 2 is 1.86 bits per heavy atom. The summed E-state index contributed by atoms with van der Waals surface area (Å²) < 4.78 is 28.5. The van der Waals surface area contributed by atoms with Crippen molar-refractivity contribution in [3.05, 3.63) is 88.4 Å². The van der Waals surface area contributed by atoms with Crippen molar-refractivity contribution in [1.82, 2.24) is 5.32 Å². The molecule has 1 amide bonds. The van der Waals surface area contributed by atoms with E-state index in [0.29, 0.717) is 33.7 Å². The Morgan fingerprint density at radius 1 is 1.11 bits per heavy atom. The van der Waals surface area contributed by atoms with E-state index in [2.05, 4.69) is 5.32 Å². The van der Waals surface area contributed by atoms with Crippen molar-refractivity contribution in [2.24, 2.45) is 0 Å². The lowest BCUT2D eigenvalue weighted by Gasteiger charge is -2.30. The Bertz CT molecular complexity index is 1360. The highest BCUT2D eigenvalue weighted by Gasteiger charge is 2.30. The molecule has 0 radical (unpaired) electrons. The minimum atomic E-state index is -4.19. The molecule has 1 saturated heterocycles. The number of hydrogen-bond donors (Lipinski definition) is 1. The van der Waals surface area contributed by atoms with Gasteiger partial charge in [-0.1, -0.05) is 41.9 Å². The molecule has 1 fully saturated rings. The summed E-state index contributed by atoms with van der Waals surface area (Å²) in [4.78, 5) is 34.1. The summed E-state index contributed by atoms with van der Waals surface area (Å²) in [5.41, 5.74) is 2.36. The van der Waals surface area contributed by atoms with Gasteiger partial charge in [0.2, 0.25) is 12.7 Å². The quantitative estimate of drug-likeness (QED) is 0.434. The number of sulfonamides is 1. The summed E-state index contributed by atoms with van der Waals surface area (Å²) in [5, 5.41) is 4.18. The Kier molecular flexibility index (Phi) is 7.37. The molecule has 182 valence electrons. The lowest BCUT2D eigenvalue weighted by molar-refractivity contribution is -0.277. The van der Waals surface area contributed by atoms with Crippen molar-refractivity contribution in [1.29, 1.82) is 0 Å². The molecule has 4 rings (SSSR count). The average Bonchev–Trinajstić information content (AvgIpc) is 2.82. The molecule has 11 heteroatoms. The Balaban J connectivity index is 1.63. The van der Waals surface area contributed by atoms with Crippen LogP contribution in [0.25, 0.3) is 0 Å². The van der Waals surface area contributed by atoms with Crippen LogP contribution in [-0.2, 0) is 31.0 Å². The van der Waals surface area contributed by atoms with Gasteiger partial charge in [-0.2, -0.15) is 0 Å². The van der Waals surface area contributed by atoms with Crippen molar-refractivity contribution in [3.63, 3.8) is 0 Å².